The SMILES string of the molecule is O=C(COc1ccc2ccccc2c1)Nc1ccc(OCc2ccccc2)cc1C(=O)O. The van der Waals surface area contributed by atoms with Crippen molar-refractivity contribution in [2.24, 2.45) is 0 Å². The van der Waals surface area contributed by atoms with Gasteiger partial charge in [0.25, 0.3) is 5.91 Å². The van der Waals surface area contributed by atoms with E-state index in [4.69, 9.17) is 9.47 Å². The Morgan fingerprint density at radius 3 is 2.22 bits per heavy atom. The van der Waals surface area contributed by atoms with Gasteiger partial charge >= 0.3 is 5.97 Å². The average Bonchev–Trinajstić information content (AvgIpc) is 2.82. The predicted molar refractivity (Wildman–Crippen MR) is 122 cm³/mol. The number of aromatic carboxylic acids is 1. The van der Waals surface area contributed by atoms with Crippen molar-refractivity contribution in [3.63, 3.8) is 0 Å². The number of amides is 1. The van der Waals surface area contributed by atoms with E-state index in [9.17, 15) is 14.7 Å². The minimum atomic E-state index is -1.17. The van der Waals surface area contributed by atoms with E-state index in [1.54, 1.807) is 12.1 Å². The molecule has 6 heteroatoms. The van der Waals surface area contributed by atoms with Crippen LogP contribution in [0.1, 0.15) is 15.9 Å². The second kappa shape index (κ2) is 9.66. The largest absolute Gasteiger partial charge is 0.489 e. The first-order valence-electron chi connectivity index (χ1n) is 10.0. The van der Waals surface area contributed by atoms with Gasteiger partial charge in [0.1, 0.15) is 18.1 Å². The number of ether oxygens (including phenoxy) is 2. The summed E-state index contributed by atoms with van der Waals surface area (Å²) in [5.74, 6) is -0.668. The number of hydrogen-bond acceptors (Lipinski definition) is 4. The number of carboxylic acid groups (broad SMARTS) is 1. The zero-order valence-corrected chi connectivity index (χ0v) is 17.2. The van der Waals surface area contributed by atoms with Crippen molar-refractivity contribution in [3.05, 3.63) is 102 Å². The fraction of sp³-hybridized carbons (Fsp3) is 0.0769. The summed E-state index contributed by atoms with van der Waals surface area (Å²) < 4.78 is 11.3. The molecule has 0 saturated heterocycles. The van der Waals surface area contributed by atoms with Crippen molar-refractivity contribution < 1.29 is 24.2 Å². The third kappa shape index (κ3) is 5.23. The van der Waals surface area contributed by atoms with Gasteiger partial charge in [-0.05, 0) is 46.7 Å². The summed E-state index contributed by atoms with van der Waals surface area (Å²) in [5.41, 5.74) is 1.08. The molecule has 4 rings (SSSR count). The zero-order chi connectivity index (χ0) is 22.3. The number of nitrogens with one attached hydrogen (secondary N) is 1. The van der Waals surface area contributed by atoms with Gasteiger partial charge in [0, 0.05) is 0 Å². The maximum atomic E-state index is 12.4. The van der Waals surface area contributed by atoms with Gasteiger partial charge in [0.15, 0.2) is 6.61 Å². The Bertz CT molecular complexity index is 1250. The maximum absolute atomic E-state index is 12.4. The van der Waals surface area contributed by atoms with E-state index < -0.39 is 11.9 Å². The highest BCUT2D eigenvalue weighted by atomic mass is 16.5. The molecule has 0 aliphatic carbocycles. The van der Waals surface area contributed by atoms with Crippen molar-refractivity contribution in [2.75, 3.05) is 11.9 Å². The van der Waals surface area contributed by atoms with Crippen molar-refractivity contribution in [1.82, 2.24) is 0 Å². The average molecular weight is 427 g/mol. The van der Waals surface area contributed by atoms with Crippen molar-refractivity contribution >= 4 is 28.3 Å². The monoisotopic (exact) mass is 427 g/mol. The van der Waals surface area contributed by atoms with Crippen LogP contribution in [-0.2, 0) is 11.4 Å². The van der Waals surface area contributed by atoms with Crippen LogP contribution in [0, 0.1) is 0 Å². The first-order chi connectivity index (χ1) is 15.6. The Balaban J connectivity index is 1.39. The van der Waals surface area contributed by atoms with E-state index in [1.165, 1.54) is 12.1 Å². The number of carbonyl (C=O) groups is 2. The van der Waals surface area contributed by atoms with Crippen LogP contribution in [0.5, 0.6) is 11.5 Å². The van der Waals surface area contributed by atoms with Crippen LogP contribution in [0.4, 0.5) is 5.69 Å². The van der Waals surface area contributed by atoms with Crippen molar-refractivity contribution in [3.8, 4) is 11.5 Å². The molecule has 4 aromatic carbocycles. The molecule has 32 heavy (non-hydrogen) atoms. The molecule has 0 spiro atoms. The number of fused-ring (bicyclic) bond motifs is 1. The number of carboxylic acids is 1. The highest BCUT2D eigenvalue weighted by molar-refractivity contribution is 6.01. The minimum Gasteiger partial charge on any atom is -0.489 e. The van der Waals surface area contributed by atoms with Crippen LogP contribution in [0.3, 0.4) is 0 Å². The smallest absolute Gasteiger partial charge is 0.337 e. The van der Waals surface area contributed by atoms with E-state index in [0.29, 0.717) is 18.1 Å². The fourth-order valence-electron chi connectivity index (χ4n) is 3.23. The lowest BCUT2D eigenvalue weighted by atomic mass is 10.1. The third-order valence-electron chi connectivity index (χ3n) is 4.83. The second-order valence-corrected chi connectivity index (χ2v) is 7.13. The Morgan fingerprint density at radius 1 is 0.750 bits per heavy atom. The van der Waals surface area contributed by atoms with Crippen LogP contribution in [0.2, 0.25) is 0 Å². The first kappa shape index (κ1) is 20.9. The van der Waals surface area contributed by atoms with Gasteiger partial charge in [-0.25, -0.2) is 4.79 Å². The normalized spacial score (nSPS) is 10.5. The topological polar surface area (TPSA) is 84.9 Å². The molecule has 4 aromatic rings. The lowest BCUT2D eigenvalue weighted by molar-refractivity contribution is -0.118. The molecule has 0 atom stereocenters. The van der Waals surface area contributed by atoms with Crippen LogP contribution >= 0.6 is 0 Å². The van der Waals surface area contributed by atoms with Gasteiger partial charge in [-0.2, -0.15) is 0 Å². The number of benzene rings is 4. The Labute approximate surface area is 185 Å². The molecule has 0 saturated carbocycles. The highest BCUT2D eigenvalue weighted by Gasteiger charge is 2.15. The van der Waals surface area contributed by atoms with E-state index in [1.807, 2.05) is 66.7 Å². The van der Waals surface area contributed by atoms with Crippen LogP contribution < -0.4 is 14.8 Å². The molecule has 0 fully saturated rings. The van der Waals surface area contributed by atoms with E-state index >= 15 is 0 Å². The van der Waals surface area contributed by atoms with Gasteiger partial charge in [0.05, 0.1) is 11.3 Å². The summed E-state index contributed by atoms with van der Waals surface area (Å²) in [6.45, 7) is 0.0643. The Hall–Kier alpha value is -4.32. The molecular formula is C26H21NO5. The first-order valence-corrected chi connectivity index (χ1v) is 10.0. The summed E-state index contributed by atoms with van der Waals surface area (Å²) in [4.78, 5) is 24.1. The lowest BCUT2D eigenvalue weighted by Crippen LogP contribution is -2.21. The molecule has 160 valence electrons. The molecule has 6 nitrogen and oxygen atoms in total. The molecule has 0 aliphatic heterocycles. The summed E-state index contributed by atoms with van der Waals surface area (Å²) in [6, 6.07) is 27.5. The molecule has 0 unspecified atom stereocenters. The summed E-state index contributed by atoms with van der Waals surface area (Å²) in [7, 11) is 0. The summed E-state index contributed by atoms with van der Waals surface area (Å²) >= 11 is 0. The number of anilines is 1. The summed E-state index contributed by atoms with van der Waals surface area (Å²) in [6.07, 6.45) is 0. The highest BCUT2D eigenvalue weighted by Crippen LogP contribution is 2.24. The van der Waals surface area contributed by atoms with Crippen molar-refractivity contribution in [2.45, 2.75) is 6.61 Å². The number of rotatable bonds is 8. The number of hydrogen-bond donors (Lipinski definition) is 2. The zero-order valence-electron chi connectivity index (χ0n) is 17.2. The molecule has 2 N–H and O–H groups in total. The molecular weight excluding hydrogens is 406 g/mol. The lowest BCUT2D eigenvalue weighted by Gasteiger charge is -2.12. The van der Waals surface area contributed by atoms with E-state index in [-0.39, 0.29) is 17.9 Å². The third-order valence-corrected chi connectivity index (χ3v) is 4.83. The van der Waals surface area contributed by atoms with Crippen molar-refractivity contribution in [1.29, 1.82) is 0 Å². The molecule has 0 radical (unpaired) electrons. The van der Waals surface area contributed by atoms with Gasteiger partial charge in [-0.15, -0.1) is 0 Å². The Morgan fingerprint density at radius 2 is 1.44 bits per heavy atom. The minimum absolute atomic E-state index is 0.0605. The van der Waals surface area contributed by atoms with Crippen LogP contribution in [-0.4, -0.2) is 23.6 Å². The van der Waals surface area contributed by atoms with E-state index in [0.717, 1.165) is 16.3 Å². The van der Waals surface area contributed by atoms with Gasteiger partial charge in [-0.3, -0.25) is 4.79 Å². The summed E-state index contributed by atoms with van der Waals surface area (Å²) in [5, 5.41) is 14.2. The van der Waals surface area contributed by atoms with Crippen LogP contribution in [0.25, 0.3) is 10.8 Å². The predicted octanol–water partition coefficient (Wildman–Crippen LogP) is 5.13. The van der Waals surface area contributed by atoms with Crippen LogP contribution in [0.15, 0.2) is 91.0 Å². The Kier molecular flexibility index (Phi) is 6.32. The molecule has 1 amide bonds. The standard InChI is InChI=1S/C26H21NO5/c28-25(17-32-21-11-10-19-8-4-5-9-20(19)14-21)27-24-13-12-22(15-23(24)26(29)30)31-16-18-6-2-1-3-7-18/h1-15H,16-17H2,(H,27,28)(H,29,30). The van der Waals surface area contributed by atoms with Gasteiger partial charge < -0.3 is 19.9 Å². The fourth-order valence-corrected chi connectivity index (χ4v) is 3.23. The maximum Gasteiger partial charge on any atom is 0.337 e. The van der Waals surface area contributed by atoms with Gasteiger partial charge in [-0.1, -0.05) is 60.7 Å². The quantitative estimate of drug-likeness (QED) is 0.407. The molecule has 0 aliphatic rings. The number of carbonyl (C=O) groups excluding carboxylic acids is 1. The molecule has 0 bridgehead atoms. The second-order valence-electron chi connectivity index (χ2n) is 7.13. The van der Waals surface area contributed by atoms with Gasteiger partial charge in [0.2, 0.25) is 0 Å². The molecule has 0 heterocycles. The molecule has 0 aromatic heterocycles. The van der Waals surface area contributed by atoms with E-state index in [2.05, 4.69) is 5.32 Å².